The van der Waals surface area contributed by atoms with Gasteiger partial charge in [-0.05, 0) is 25.0 Å². The summed E-state index contributed by atoms with van der Waals surface area (Å²) in [4.78, 5) is 3.99. The average Bonchev–Trinajstić information content (AvgIpc) is 3.09. The summed E-state index contributed by atoms with van der Waals surface area (Å²) in [6.07, 6.45) is 0.897. The summed E-state index contributed by atoms with van der Waals surface area (Å²) < 4.78 is 38.6. The van der Waals surface area contributed by atoms with Gasteiger partial charge in [0.15, 0.2) is 0 Å². The zero-order valence-corrected chi connectivity index (χ0v) is 10.5. The first-order valence-corrected chi connectivity index (χ1v) is 6.26. The minimum absolute atomic E-state index is 0.125. The fourth-order valence-corrected chi connectivity index (χ4v) is 2.16. The zero-order chi connectivity index (χ0) is 14.2. The van der Waals surface area contributed by atoms with Crippen molar-refractivity contribution in [3.05, 3.63) is 36.3 Å². The van der Waals surface area contributed by atoms with Crippen molar-refractivity contribution in [2.75, 3.05) is 0 Å². The van der Waals surface area contributed by atoms with E-state index in [9.17, 15) is 13.2 Å². The second-order valence-corrected chi connectivity index (χ2v) is 4.95. The Hall–Kier alpha value is -1.89. The number of hydrogen-bond donors (Lipinski definition) is 2. The molecule has 1 aliphatic rings. The third-order valence-electron chi connectivity index (χ3n) is 3.58. The third-order valence-corrected chi connectivity index (χ3v) is 3.58. The molecule has 0 bridgehead atoms. The Morgan fingerprint density at radius 1 is 1.30 bits per heavy atom. The topological polar surface area (TPSA) is 53.6 Å². The van der Waals surface area contributed by atoms with E-state index in [4.69, 9.17) is 0 Å². The van der Waals surface area contributed by atoms with Gasteiger partial charge in [-0.2, -0.15) is 18.3 Å². The Morgan fingerprint density at radius 2 is 2.10 bits per heavy atom. The second kappa shape index (κ2) is 4.59. The monoisotopic (exact) mass is 282 g/mol. The van der Waals surface area contributed by atoms with E-state index < -0.39 is 11.7 Å². The summed E-state index contributed by atoms with van der Waals surface area (Å²) >= 11 is 0. The Bertz CT molecular complexity index is 587. The molecule has 2 heterocycles. The molecule has 0 amide bonds. The van der Waals surface area contributed by atoms with Gasteiger partial charge >= 0.3 is 6.18 Å². The van der Waals surface area contributed by atoms with Gasteiger partial charge in [0.05, 0.1) is 11.9 Å². The van der Waals surface area contributed by atoms with E-state index in [0.29, 0.717) is 11.3 Å². The highest BCUT2D eigenvalue weighted by Gasteiger charge is 2.62. The highest BCUT2D eigenvalue weighted by molar-refractivity contribution is 5.61. The quantitative estimate of drug-likeness (QED) is 0.906. The maximum Gasteiger partial charge on any atom is 0.406 e. The maximum absolute atomic E-state index is 12.9. The Kier molecular flexibility index (Phi) is 3.01. The number of halogens is 3. The van der Waals surface area contributed by atoms with Gasteiger partial charge in [-0.3, -0.25) is 15.4 Å². The third kappa shape index (κ3) is 2.29. The molecule has 2 aromatic rings. The SMILES string of the molecule is FC(F)(F)C1(NCc2cn[nH]c2-c2cccnc2)CC1. The fraction of sp³-hybridized carbons (Fsp3) is 0.385. The zero-order valence-electron chi connectivity index (χ0n) is 10.5. The number of pyridine rings is 1. The Balaban J connectivity index is 1.76. The summed E-state index contributed by atoms with van der Waals surface area (Å²) in [5.74, 6) is 0. The van der Waals surface area contributed by atoms with Crippen LogP contribution in [0.15, 0.2) is 30.7 Å². The van der Waals surface area contributed by atoms with Crippen molar-refractivity contribution in [2.24, 2.45) is 0 Å². The first kappa shape index (κ1) is 13.1. The van der Waals surface area contributed by atoms with E-state index in [1.165, 1.54) is 0 Å². The van der Waals surface area contributed by atoms with Crippen molar-refractivity contribution in [1.29, 1.82) is 0 Å². The number of alkyl halides is 3. The first-order chi connectivity index (χ1) is 9.52. The Morgan fingerprint density at radius 3 is 2.70 bits per heavy atom. The molecule has 2 aromatic heterocycles. The molecular formula is C13H13F3N4. The number of nitrogens with zero attached hydrogens (tertiary/aromatic N) is 2. The van der Waals surface area contributed by atoms with E-state index in [1.807, 2.05) is 6.07 Å². The van der Waals surface area contributed by atoms with Gasteiger partial charge in [-0.25, -0.2) is 0 Å². The van der Waals surface area contributed by atoms with E-state index in [1.54, 1.807) is 24.7 Å². The van der Waals surface area contributed by atoms with E-state index in [0.717, 1.165) is 5.56 Å². The molecule has 0 aromatic carbocycles. The van der Waals surface area contributed by atoms with Crippen LogP contribution in [0.5, 0.6) is 0 Å². The summed E-state index contributed by atoms with van der Waals surface area (Å²) in [6, 6.07) is 3.60. The molecule has 3 rings (SSSR count). The maximum atomic E-state index is 12.9. The van der Waals surface area contributed by atoms with Crippen LogP contribution in [0.1, 0.15) is 18.4 Å². The molecule has 0 spiro atoms. The molecule has 4 nitrogen and oxygen atoms in total. The molecular weight excluding hydrogens is 269 g/mol. The van der Waals surface area contributed by atoms with E-state index in [2.05, 4.69) is 20.5 Å². The molecule has 2 N–H and O–H groups in total. The van der Waals surface area contributed by atoms with Gasteiger partial charge in [0.25, 0.3) is 0 Å². The van der Waals surface area contributed by atoms with Crippen molar-refractivity contribution in [3.8, 4) is 11.3 Å². The number of H-pyrrole nitrogens is 1. The molecule has 0 radical (unpaired) electrons. The molecule has 0 unspecified atom stereocenters. The lowest BCUT2D eigenvalue weighted by atomic mass is 10.1. The van der Waals surface area contributed by atoms with Crippen molar-refractivity contribution >= 4 is 0 Å². The van der Waals surface area contributed by atoms with Crippen LogP contribution in [0, 0.1) is 0 Å². The number of hydrogen-bond acceptors (Lipinski definition) is 3. The first-order valence-electron chi connectivity index (χ1n) is 6.26. The summed E-state index contributed by atoms with van der Waals surface area (Å²) in [7, 11) is 0. The predicted molar refractivity (Wildman–Crippen MR) is 66.7 cm³/mol. The summed E-state index contributed by atoms with van der Waals surface area (Å²) in [5.41, 5.74) is 0.493. The van der Waals surface area contributed by atoms with Crippen molar-refractivity contribution in [1.82, 2.24) is 20.5 Å². The highest BCUT2D eigenvalue weighted by Crippen LogP contribution is 2.49. The molecule has 1 fully saturated rings. The van der Waals surface area contributed by atoms with Gasteiger partial charge in [-0.1, -0.05) is 0 Å². The number of nitrogens with one attached hydrogen (secondary N) is 2. The molecule has 0 atom stereocenters. The molecule has 20 heavy (non-hydrogen) atoms. The summed E-state index contributed by atoms with van der Waals surface area (Å²) in [6.45, 7) is 0.125. The van der Waals surface area contributed by atoms with Crippen LogP contribution < -0.4 is 5.32 Å². The fourth-order valence-electron chi connectivity index (χ4n) is 2.16. The minimum atomic E-state index is -4.20. The van der Waals surface area contributed by atoms with Crippen molar-refractivity contribution in [2.45, 2.75) is 31.1 Å². The smallest absolute Gasteiger partial charge is 0.299 e. The standard InChI is InChI=1S/C13H13F3N4/c14-13(15,16)12(3-4-12)18-7-10-8-19-20-11(10)9-2-1-5-17-6-9/h1-2,5-6,8,18H,3-4,7H2,(H,19,20). The van der Waals surface area contributed by atoms with E-state index in [-0.39, 0.29) is 19.4 Å². The molecule has 0 saturated heterocycles. The van der Waals surface area contributed by atoms with Crippen LogP contribution in [0.3, 0.4) is 0 Å². The number of aromatic nitrogens is 3. The molecule has 1 aliphatic carbocycles. The molecule has 7 heteroatoms. The van der Waals surface area contributed by atoms with Crippen LogP contribution in [0.25, 0.3) is 11.3 Å². The van der Waals surface area contributed by atoms with Crippen LogP contribution in [-0.2, 0) is 6.54 Å². The molecule has 106 valence electrons. The Labute approximate surface area is 113 Å². The van der Waals surface area contributed by atoms with Gasteiger partial charge < -0.3 is 0 Å². The predicted octanol–water partition coefficient (Wildman–Crippen LogP) is 2.66. The lowest BCUT2D eigenvalue weighted by Crippen LogP contribution is -2.44. The van der Waals surface area contributed by atoms with Crippen molar-refractivity contribution < 1.29 is 13.2 Å². The van der Waals surface area contributed by atoms with Crippen LogP contribution in [0.2, 0.25) is 0 Å². The van der Waals surface area contributed by atoms with Gasteiger partial charge in [0.2, 0.25) is 0 Å². The average molecular weight is 282 g/mol. The number of aromatic amines is 1. The minimum Gasteiger partial charge on any atom is -0.299 e. The lowest BCUT2D eigenvalue weighted by Gasteiger charge is -2.20. The van der Waals surface area contributed by atoms with E-state index >= 15 is 0 Å². The van der Waals surface area contributed by atoms with Crippen LogP contribution >= 0.6 is 0 Å². The second-order valence-electron chi connectivity index (χ2n) is 4.95. The van der Waals surface area contributed by atoms with Gasteiger partial charge in [-0.15, -0.1) is 0 Å². The van der Waals surface area contributed by atoms with Crippen LogP contribution in [-0.4, -0.2) is 26.9 Å². The normalized spacial score (nSPS) is 17.1. The van der Waals surface area contributed by atoms with Crippen LogP contribution in [0.4, 0.5) is 13.2 Å². The van der Waals surface area contributed by atoms with Gasteiger partial charge in [0.1, 0.15) is 5.54 Å². The number of rotatable bonds is 4. The van der Waals surface area contributed by atoms with Crippen molar-refractivity contribution in [3.63, 3.8) is 0 Å². The summed E-state index contributed by atoms with van der Waals surface area (Å²) in [5, 5.41) is 9.33. The molecule has 0 aliphatic heterocycles. The lowest BCUT2D eigenvalue weighted by molar-refractivity contribution is -0.166. The van der Waals surface area contributed by atoms with Gasteiger partial charge in [0, 0.05) is 30.1 Å². The highest BCUT2D eigenvalue weighted by atomic mass is 19.4. The molecule has 1 saturated carbocycles. The largest absolute Gasteiger partial charge is 0.406 e.